The number of carbonyl (C=O) groups is 1. The quantitative estimate of drug-likeness (QED) is 0.0811. The fourth-order valence-electron chi connectivity index (χ4n) is 4.16. The molecule has 2 N–H and O–H groups in total. The maximum Gasteiger partial charge on any atom is 0.416 e. The van der Waals surface area contributed by atoms with Crippen molar-refractivity contribution in [1.29, 1.82) is 0 Å². The van der Waals surface area contributed by atoms with E-state index in [0.29, 0.717) is 24.3 Å². The number of hydrogen-bond donors (Lipinski definition) is 2. The van der Waals surface area contributed by atoms with Crippen LogP contribution in [-0.2, 0) is 31.3 Å². The number of allylic oxidation sites excluding steroid dienone is 1. The van der Waals surface area contributed by atoms with E-state index in [-0.39, 0.29) is 29.7 Å². The lowest BCUT2D eigenvalue weighted by molar-refractivity contribution is -0.138. The molecule has 13 heteroatoms. The van der Waals surface area contributed by atoms with Gasteiger partial charge in [-0.2, -0.15) is 26.3 Å². The highest BCUT2D eigenvalue weighted by molar-refractivity contribution is 5.93. The first kappa shape index (κ1) is 32.1. The van der Waals surface area contributed by atoms with Crippen molar-refractivity contribution in [3.63, 3.8) is 0 Å². The van der Waals surface area contributed by atoms with E-state index in [9.17, 15) is 41.4 Å². The van der Waals surface area contributed by atoms with Gasteiger partial charge >= 0.3 is 18.3 Å². The van der Waals surface area contributed by atoms with Gasteiger partial charge in [0, 0.05) is 19.8 Å². The monoisotopic (exact) mass is 590 g/mol. The maximum absolute atomic E-state index is 13.1. The van der Waals surface area contributed by atoms with Gasteiger partial charge in [0.2, 0.25) is 0 Å². The molecule has 0 aromatic heterocycles. The smallest absolute Gasteiger partial charge is 0.416 e. The Morgan fingerprint density at radius 2 is 1.46 bits per heavy atom. The van der Waals surface area contributed by atoms with E-state index in [1.165, 1.54) is 14.2 Å². The van der Waals surface area contributed by atoms with Crippen LogP contribution in [0.4, 0.5) is 26.3 Å². The predicted molar refractivity (Wildman–Crippen MR) is 133 cm³/mol. The van der Waals surface area contributed by atoms with E-state index in [4.69, 9.17) is 18.9 Å². The molecule has 4 atom stereocenters. The summed E-state index contributed by atoms with van der Waals surface area (Å²) in [4.78, 5) is 12.8. The third kappa shape index (κ3) is 7.28. The molecule has 0 radical (unpaired) electrons. The number of ether oxygens (including phenoxy) is 4. The number of halogens is 6. The molecule has 0 bridgehead atoms. The first-order valence-corrected chi connectivity index (χ1v) is 12.1. The summed E-state index contributed by atoms with van der Waals surface area (Å²) in [6.45, 7) is 5.46. The molecule has 1 aliphatic heterocycles. The van der Waals surface area contributed by atoms with Crippen LogP contribution in [0.3, 0.4) is 0 Å². The normalized spacial score (nSPS) is 21.1. The second-order valence-corrected chi connectivity index (χ2v) is 9.46. The van der Waals surface area contributed by atoms with Crippen molar-refractivity contribution >= 4 is 11.7 Å². The standard InChI is InChI=1S/C28H28F6O7/c1-15(13-21-26(41-21,14-38-3)25(37)39-4)16(2)22(35)23(17-5-9-19(10-6-17)27(29,30)31)40-24(36)18-7-11-20(12-8-18)28(32,33)34/h5-12,15,21,25,35,37H,2,13-14H2,1,3-4H3/b23-22+/t15-,21-,25?,26+/m0/s1. The molecular weight excluding hydrogens is 562 g/mol. The molecule has 7 nitrogen and oxygen atoms in total. The van der Waals surface area contributed by atoms with Gasteiger partial charge in [0.1, 0.15) is 0 Å². The van der Waals surface area contributed by atoms with Crippen LogP contribution in [0.15, 0.2) is 66.4 Å². The summed E-state index contributed by atoms with van der Waals surface area (Å²) in [5.41, 5.74) is -3.60. The molecule has 1 heterocycles. The number of methoxy groups -OCH3 is 2. The van der Waals surface area contributed by atoms with Gasteiger partial charge in [0.15, 0.2) is 23.4 Å². The lowest BCUT2D eigenvalue weighted by Crippen LogP contribution is -2.38. The van der Waals surface area contributed by atoms with Gasteiger partial charge in [-0.15, -0.1) is 0 Å². The van der Waals surface area contributed by atoms with Crippen molar-refractivity contribution in [2.24, 2.45) is 5.92 Å². The van der Waals surface area contributed by atoms with Crippen LogP contribution in [0.5, 0.6) is 0 Å². The number of aliphatic hydroxyl groups is 2. The van der Waals surface area contributed by atoms with Crippen molar-refractivity contribution in [2.75, 3.05) is 20.8 Å². The Morgan fingerprint density at radius 3 is 1.90 bits per heavy atom. The maximum atomic E-state index is 13.1. The van der Waals surface area contributed by atoms with Gasteiger partial charge in [0.05, 0.1) is 29.4 Å². The highest BCUT2D eigenvalue weighted by atomic mass is 19.4. The number of benzene rings is 2. The van der Waals surface area contributed by atoms with E-state index in [0.717, 1.165) is 24.3 Å². The van der Waals surface area contributed by atoms with Crippen molar-refractivity contribution in [2.45, 2.75) is 43.7 Å². The van der Waals surface area contributed by atoms with Crippen LogP contribution in [0, 0.1) is 5.92 Å². The minimum atomic E-state index is -4.66. The van der Waals surface area contributed by atoms with Gasteiger partial charge in [-0.1, -0.05) is 25.6 Å². The Hall–Kier alpha value is -3.39. The number of esters is 1. The highest BCUT2D eigenvalue weighted by Gasteiger charge is 2.62. The van der Waals surface area contributed by atoms with Gasteiger partial charge in [0.25, 0.3) is 0 Å². The number of hydrogen-bond acceptors (Lipinski definition) is 7. The lowest BCUT2D eigenvalue weighted by atomic mass is 9.90. The fraction of sp³-hybridized carbons (Fsp3) is 0.393. The zero-order chi connectivity index (χ0) is 30.8. The second-order valence-electron chi connectivity index (χ2n) is 9.46. The van der Waals surface area contributed by atoms with Crippen LogP contribution < -0.4 is 0 Å². The predicted octanol–water partition coefficient (Wildman–Crippen LogP) is 6.14. The van der Waals surface area contributed by atoms with Crippen LogP contribution >= 0.6 is 0 Å². The number of epoxide rings is 1. The largest absolute Gasteiger partial charge is 0.504 e. The molecule has 0 amide bonds. The molecule has 224 valence electrons. The van der Waals surface area contributed by atoms with Crippen LogP contribution in [0.25, 0.3) is 5.76 Å². The summed E-state index contributed by atoms with van der Waals surface area (Å²) < 4.78 is 99.0. The summed E-state index contributed by atoms with van der Waals surface area (Å²) in [5, 5.41) is 21.3. The molecule has 0 aliphatic carbocycles. The second kappa shape index (κ2) is 12.2. The third-order valence-corrected chi connectivity index (χ3v) is 6.66. The lowest BCUT2D eigenvalue weighted by Gasteiger charge is -2.20. The molecule has 0 spiro atoms. The average Bonchev–Trinajstić information content (AvgIpc) is 3.62. The fourth-order valence-corrected chi connectivity index (χ4v) is 4.16. The van der Waals surface area contributed by atoms with E-state index < -0.39 is 64.9 Å². The van der Waals surface area contributed by atoms with E-state index >= 15 is 0 Å². The minimum Gasteiger partial charge on any atom is -0.504 e. The molecule has 1 saturated heterocycles. The van der Waals surface area contributed by atoms with E-state index in [1.54, 1.807) is 6.92 Å². The van der Waals surface area contributed by atoms with Crippen molar-refractivity contribution in [3.8, 4) is 0 Å². The van der Waals surface area contributed by atoms with Gasteiger partial charge in [-0.05, 0) is 54.3 Å². The Balaban J connectivity index is 1.92. The van der Waals surface area contributed by atoms with Gasteiger partial charge in [-0.25, -0.2) is 4.79 Å². The SMILES string of the molecule is C=C(/C(O)=C(\OC(=O)c1ccc(C(F)(F)F)cc1)c1ccc(C(F)(F)F)cc1)[C@@H](C)C[C@@H]1O[C@@]1(COC)C(O)OC. The summed E-state index contributed by atoms with van der Waals surface area (Å²) in [7, 11) is 2.68. The Labute approximate surface area is 231 Å². The van der Waals surface area contributed by atoms with Crippen molar-refractivity contribution in [3.05, 3.63) is 88.7 Å². The molecule has 0 saturated carbocycles. The number of carbonyl (C=O) groups excluding carboxylic acids is 1. The molecule has 1 aliphatic rings. The van der Waals surface area contributed by atoms with Crippen molar-refractivity contribution < 1.29 is 60.3 Å². The van der Waals surface area contributed by atoms with Crippen LogP contribution in [-0.4, -0.2) is 55.0 Å². The van der Waals surface area contributed by atoms with E-state index in [1.807, 2.05) is 0 Å². The Kier molecular flexibility index (Phi) is 9.58. The minimum absolute atomic E-state index is 0.00473. The molecule has 1 fully saturated rings. The highest BCUT2D eigenvalue weighted by Crippen LogP contribution is 2.45. The van der Waals surface area contributed by atoms with Crippen LogP contribution in [0.2, 0.25) is 0 Å². The summed E-state index contributed by atoms with van der Waals surface area (Å²) in [6, 6.07) is 6.42. The van der Waals surface area contributed by atoms with Crippen LogP contribution in [0.1, 0.15) is 40.4 Å². The Morgan fingerprint density at radius 1 is 0.976 bits per heavy atom. The van der Waals surface area contributed by atoms with Gasteiger partial charge in [-0.3, -0.25) is 0 Å². The first-order valence-electron chi connectivity index (χ1n) is 12.1. The zero-order valence-corrected chi connectivity index (χ0v) is 22.2. The molecule has 2 aromatic carbocycles. The number of alkyl halides is 6. The summed E-state index contributed by atoms with van der Waals surface area (Å²) in [5.74, 6) is -2.99. The van der Waals surface area contributed by atoms with Gasteiger partial charge < -0.3 is 29.2 Å². The zero-order valence-electron chi connectivity index (χ0n) is 22.2. The first-order chi connectivity index (χ1) is 19.0. The summed E-state index contributed by atoms with van der Waals surface area (Å²) in [6.07, 6.45) is -11.0. The van der Waals surface area contributed by atoms with Crippen molar-refractivity contribution in [1.82, 2.24) is 0 Å². The Bertz CT molecular complexity index is 1270. The number of aliphatic hydroxyl groups excluding tert-OH is 2. The average molecular weight is 591 g/mol. The molecule has 2 aromatic rings. The number of rotatable bonds is 11. The van der Waals surface area contributed by atoms with E-state index in [2.05, 4.69) is 6.58 Å². The molecule has 41 heavy (non-hydrogen) atoms. The topological polar surface area (TPSA) is 97.8 Å². The third-order valence-electron chi connectivity index (χ3n) is 6.66. The molecular formula is C28H28F6O7. The summed E-state index contributed by atoms with van der Waals surface area (Å²) >= 11 is 0. The molecule has 3 rings (SSSR count). The molecule has 1 unspecified atom stereocenters.